The van der Waals surface area contributed by atoms with Crippen LogP contribution < -0.4 is 5.32 Å². The lowest BCUT2D eigenvalue weighted by atomic mass is 10.0. The van der Waals surface area contributed by atoms with Gasteiger partial charge in [0.2, 0.25) is 0 Å². The summed E-state index contributed by atoms with van der Waals surface area (Å²) in [6, 6.07) is 11.9. The molecule has 2 aromatic rings. The van der Waals surface area contributed by atoms with Crippen molar-refractivity contribution in [2.45, 2.75) is 13.0 Å². The molecule has 0 bridgehead atoms. The third-order valence-electron chi connectivity index (χ3n) is 3.10. The molecule has 0 saturated carbocycles. The van der Waals surface area contributed by atoms with Crippen molar-refractivity contribution in [2.24, 2.45) is 0 Å². The molecule has 0 aliphatic heterocycles. The highest BCUT2D eigenvalue weighted by Gasteiger charge is 2.19. The molecule has 6 heteroatoms. The lowest BCUT2D eigenvalue weighted by Gasteiger charge is -2.16. The quantitative estimate of drug-likeness (QED) is 0.685. The van der Waals surface area contributed by atoms with Crippen LogP contribution >= 0.6 is 0 Å². The number of hydrogen-bond donors (Lipinski definition) is 1. The number of nitriles is 1. The molecule has 1 unspecified atom stereocenters. The van der Waals surface area contributed by atoms with Crippen molar-refractivity contribution < 1.29 is 9.31 Å². The van der Waals surface area contributed by atoms with Gasteiger partial charge >= 0.3 is 0 Å². The number of nitrogens with zero attached hydrogens (tertiary/aromatic N) is 2. The van der Waals surface area contributed by atoms with Gasteiger partial charge in [-0.05, 0) is 19.1 Å². The fourth-order valence-corrected chi connectivity index (χ4v) is 2.09. The van der Waals surface area contributed by atoms with Crippen molar-refractivity contribution in [2.75, 3.05) is 5.32 Å². The molecule has 5 nitrogen and oxygen atoms in total. The van der Waals surface area contributed by atoms with Gasteiger partial charge in [0.1, 0.15) is 17.4 Å². The Hall–Kier alpha value is -2.94. The van der Waals surface area contributed by atoms with E-state index >= 15 is 0 Å². The first kappa shape index (κ1) is 14.5. The highest BCUT2D eigenvalue weighted by molar-refractivity contribution is 5.59. The van der Waals surface area contributed by atoms with Crippen LogP contribution in [0.2, 0.25) is 0 Å². The number of halogens is 1. The minimum Gasteiger partial charge on any atom is -0.377 e. The number of nitrogens with one attached hydrogen (secondary N) is 1. The van der Waals surface area contributed by atoms with Crippen LogP contribution in [0.5, 0.6) is 0 Å². The summed E-state index contributed by atoms with van der Waals surface area (Å²) in [4.78, 5) is 10.6. The second-order valence-electron chi connectivity index (χ2n) is 4.46. The average molecular weight is 285 g/mol. The van der Waals surface area contributed by atoms with Crippen LogP contribution in [-0.4, -0.2) is 4.92 Å². The van der Waals surface area contributed by atoms with Gasteiger partial charge in [0.05, 0.1) is 22.2 Å². The lowest BCUT2D eigenvalue weighted by Crippen LogP contribution is -2.10. The summed E-state index contributed by atoms with van der Waals surface area (Å²) in [6.07, 6.45) is 0. The minimum atomic E-state index is -0.628. The van der Waals surface area contributed by atoms with Crippen LogP contribution in [0.25, 0.3) is 0 Å². The standard InChI is InChI=1S/C15H12FN3O2/c1-10(11-5-2-3-8-15(11)19(20)21)18-14-7-4-6-13(16)12(14)9-17/h2-8,10,18H,1H3. The van der Waals surface area contributed by atoms with Gasteiger partial charge in [-0.2, -0.15) is 5.26 Å². The normalized spacial score (nSPS) is 11.5. The maximum absolute atomic E-state index is 13.5. The molecular weight excluding hydrogens is 273 g/mol. The molecule has 0 radical (unpaired) electrons. The Morgan fingerprint density at radius 3 is 2.67 bits per heavy atom. The summed E-state index contributed by atoms with van der Waals surface area (Å²) in [6.45, 7) is 1.72. The number of para-hydroxylation sites is 1. The molecule has 2 rings (SSSR count). The van der Waals surface area contributed by atoms with E-state index < -0.39 is 16.8 Å². The van der Waals surface area contributed by atoms with Crippen molar-refractivity contribution >= 4 is 11.4 Å². The Kier molecular flexibility index (Phi) is 4.14. The van der Waals surface area contributed by atoms with Crippen LogP contribution in [0.3, 0.4) is 0 Å². The molecule has 2 aromatic carbocycles. The SMILES string of the molecule is CC(Nc1cccc(F)c1C#N)c1ccccc1[N+](=O)[O-]. The van der Waals surface area contributed by atoms with E-state index in [1.54, 1.807) is 37.3 Å². The number of benzene rings is 2. The molecule has 21 heavy (non-hydrogen) atoms. The first-order valence-corrected chi connectivity index (χ1v) is 6.23. The largest absolute Gasteiger partial charge is 0.377 e. The lowest BCUT2D eigenvalue weighted by molar-refractivity contribution is -0.385. The Morgan fingerprint density at radius 2 is 2.00 bits per heavy atom. The zero-order chi connectivity index (χ0) is 15.4. The van der Waals surface area contributed by atoms with E-state index in [4.69, 9.17) is 5.26 Å². The van der Waals surface area contributed by atoms with Gasteiger partial charge in [0.15, 0.2) is 0 Å². The smallest absolute Gasteiger partial charge is 0.274 e. The summed E-state index contributed by atoms with van der Waals surface area (Å²) < 4.78 is 13.5. The van der Waals surface area contributed by atoms with E-state index in [0.29, 0.717) is 11.3 Å². The number of rotatable bonds is 4. The zero-order valence-corrected chi connectivity index (χ0v) is 11.2. The van der Waals surface area contributed by atoms with Crippen LogP contribution in [0.4, 0.5) is 15.8 Å². The topological polar surface area (TPSA) is 79.0 Å². The molecule has 0 heterocycles. The molecule has 1 atom stereocenters. The molecule has 0 amide bonds. The number of nitro benzene ring substituents is 1. The highest BCUT2D eigenvalue weighted by atomic mass is 19.1. The Labute approximate surface area is 120 Å². The van der Waals surface area contributed by atoms with Crippen LogP contribution in [0, 0.1) is 27.3 Å². The Morgan fingerprint density at radius 1 is 1.29 bits per heavy atom. The van der Waals surface area contributed by atoms with E-state index in [2.05, 4.69) is 5.32 Å². The summed E-state index contributed by atoms with van der Waals surface area (Å²) in [5, 5.41) is 23.0. The average Bonchev–Trinajstić information content (AvgIpc) is 2.47. The third kappa shape index (κ3) is 2.98. The van der Waals surface area contributed by atoms with Crippen molar-refractivity contribution in [3.63, 3.8) is 0 Å². The minimum absolute atomic E-state index is 0.0209. The summed E-state index contributed by atoms with van der Waals surface area (Å²) in [5.41, 5.74) is 0.647. The zero-order valence-electron chi connectivity index (χ0n) is 11.2. The Bertz CT molecular complexity index is 725. The van der Waals surface area contributed by atoms with Crippen molar-refractivity contribution in [3.8, 4) is 6.07 Å². The predicted octanol–water partition coefficient (Wildman–Crippen LogP) is 3.78. The van der Waals surface area contributed by atoms with Gasteiger partial charge in [-0.25, -0.2) is 4.39 Å². The Balaban J connectivity index is 2.36. The summed E-state index contributed by atoms with van der Waals surface area (Å²) in [5.74, 6) is -0.628. The molecule has 0 spiro atoms. The van der Waals surface area contributed by atoms with Crippen molar-refractivity contribution in [1.82, 2.24) is 0 Å². The first-order chi connectivity index (χ1) is 10.0. The van der Waals surface area contributed by atoms with Gasteiger partial charge in [0.25, 0.3) is 5.69 Å². The van der Waals surface area contributed by atoms with E-state index in [-0.39, 0.29) is 11.3 Å². The van der Waals surface area contributed by atoms with Crippen molar-refractivity contribution in [1.29, 1.82) is 5.26 Å². The van der Waals surface area contributed by atoms with Crippen LogP contribution in [0.1, 0.15) is 24.1 Å². The molecule has 0 fully saturated rings. The van der Waals surface area contributed by atoms with Gasteiger partial charge in [-0.3, -0.25) is 10.1 Å². The van der Waals surface area contributed by atoms with E-state index in [0.717, 1.165) is 0 Å². The molecule has 0 saturated heterocycles. The van der Waals surface area contributed by atoms with Crippen molar-refractivity contribution in [3.05, 3.63) is 69.5 Å². The number of hydrogen-bond acceptors (Lipinski definition) is 4. The van der Waals surface area contributed by atoms with Gasteiger partial charge in [-0.1, -0.05) is 24.3 Å². The maximum atomic E-state index is 13.5. The maximum Gasteiger partial charge on any atom is 0.274 e. The fourth-order valence-electron chi connectivity index (χ4n) is 2.09. The van der Waals surface area contributed by atoms with E-state index in [1.165, 1.54) is 18.2 Å². The molecule has 0 aliphatic carbocycles. The van der Waals surface area contributed by atoms with Gasteiger partial charge in [-0.15, -0.1) is 0 Å². The molecule has 106 valence electrons. The van der Waals surface area contributed by atoms with E-state index in [1.807, 2.05) is 0 Å². The molecular formula is C15H12FN3O2. The predicted molar refractivity (Wildman–Crippen MR) is 76.2 cm³/mol. The highest BCUT2D eigenvalue weighted by Crippen LogP contribution is 2.29. The van der Waals surface area contributed by atoms with Gasteiger partial charge < -0.3 is 5.32 Å². The van der Waals surface area contributed by atoms with E-state index in [9.17, 15) is 14.5 Å². The second-order valence-corrected chi connectivity index (χ2v) is 4.46. The molecule has 1 N–H and O–H groups in total. The number of anilines is 1. The van der Waals surface area contributed by atoms with Crippen LogP contribution in [0.15, 0.2) is 42.5 Å². The fraction of sp³-hybridized carbons (Fsp3) is 0.133. The number of nitro groups is 1. The monoisotopic (exact) mass is 285 g/mol. The second kappa shape index (κ2) is 6.01. The first-order valence-electron chi connectivity index (χ1n) is 6.23. The van der Waals surface area contributed by atoms with Crippen LogP contribution in [-0.2, 0) is 0 Å². The summed E-state index contributed by atoms with van der Waals surface area (Å²) in [7, 11) is 0. The molecule has 0 aliphatic rings. The summed E-state index contributed by atoms with van der Waals surface area (Å²) >= 11 is 0. The van der Waals surface area contributed by atoms with Gasteiger partial charge in [0, 0.05) is 6.07 Å². The third-order valence-corrected chi connectivity index (χ3v) is 3.10. The molecule has 0 aromatic heterocycles.